The summed E-state index contributed by atoms with van der Waals surface area (Å²) in [6, 6.07) is 7.43. The van der Waals surface area contributed by atoms with Crippen LogP contribution in [0.25, 0.3) is 5.69 Å². The van der Waals surface area contributed by atoms with E-state index in [2.05, 4.69) is 10.1 Å². The molecule has 0 atom stereocenters. The Morgan fingerprint density at radius 2 is 2.12 bits per heavy atom. The van der Waals surface area contributed by atoms with Crippen LogP contribution >= 0.6 is 0 Å². The lowest BCUT2D eigenvalue weighted by molar-refractivity contribution is 0.111. The highest BCUT2D eigenvalue weighted by molar-refractivity contribution is 5.68. The number of aryl methyl sites for hydroxylation is 1. The van der Waals surface area contributed by atoms with Gasteiger partial charge in [0.25, 0.3) is 0 Å². The van der Waals surface area contributed by atoms with Crippen molar-refractivity contribution in [3.05, 3.63) is 35.9 Å². The summed E-state index contributed by atoms with van der Waals surface area (Å²) >= 11 is 0. The zero-order valence-electron chi connectivity index (χ0n) is 9.04. The molecule has 0 unspecified atom stereocenters. The van der Waals surface area contributed by atoms with E-state index in [4.69, 9.17) is 4.74 Å². The third-order valence-corrected chi connectivity index (χ3v) is 2.20. The molecule has 1 aromatic heterocycles. The van der Waals surface area contributed by atoms with Crippen LogP contribution in [0.5, 0.6) is 5.75 Å². The molecule has 1 aromatic carbocycles. The zero-order valence-corrected chi connectivity index (χ0v) is 9.04. The minimum atomic E-state index is 0.170. The lowest BCUT2D eigenvalue weighted by Gasteiger charge is -2.08. The van der Waals surface area contributed by atoms with Gasteiger partial charge in [-0.05, 0) is 19.1 Å². The van der Waals surface area contributed by atoms with Gasteiger partial charge in [-0.3, -0.25) is 4.79 Å². The first kappa shape index (κ1) is 10.4. The van der Waals surface area contributed by atoms with E-state index in [9.17, 15) is 4.79 Å². The van der Waals surface area contributed by atoms with E-state index in [0.29, 0.717) is 17.9 Å². The number of nitrogens with zero attached hydrogens (tertiary/aromatic N) is 3. The van der Waals surface area contributed by atoms with Crippen molar-refractivity contribution in [3.63, 3.8) is 0 Å². The summed E-state index contributed by atoms with van der Waals surface area (Å²) in [5.41, 5.74) is 0.767. The molecule has 0 radical (unpaired) electrons. The van der Waals surface area contributed by atoms with Gasteiger partial charge in [-0.1, -0.05) is 12.1 Å². The highest BCUT2D eigenvalue weighted by Crippen LogP contribution is 2.21. The third-order valence-electron chi connectivity index (χ3n) is 2.20. The molecule has 0 aliphatic carbocycles. The molecule has 0 fully saturated rings. The molecule has 82 valence electrons. The lowest BCUT2D eigenvalue weighted by atomic mass is 10.3. The van der Waals surface area contributed by atoms with Gasteiger partial charge >= 0.3 is 0 Å². The van der Waals surface area contributed by atoms with Crippen molar-refractivity contribution >= 4 is 6.29 Å². The fourth-order valence-corrected chi connectivity index (χ4v) is 1.49. The summed E-state index contributed by atoms with van der Waals surface area (Å²) in [7, 11) is 1.59. The molecule has 16 heavy (non-hydrogen) atoms. The van der Waals surface area contributed by atoms with Crippen LogP contribution in [0.2, 0.25) is 0 Å². The van der Waals surface area contributed by atoms with Crippen LogP contribution < -0.4 is 4.74 Å². The molecule has 0 amide bonds. The van der Waals surface area contributed by atoms with Crippen molar-refractivity contribution in [1.82, 2.24) is 14.8 Å². The fraction of sp³-hybridized carbons (Fsp3) is 0.182. The Labute approximate surface area is 92.7 Å². The van der Waals surface area contributed by atoms with Gasteiger partial charge in [0.15, 0.2) is 6.29 Å². The molecule has 0 spiro atoms. The second kappa shape index (κ2) is 4.14. The van der Waals surface area contributed by atoms with E-state index in [0.717, 1.165) is 5.69 Å². The zero-order chi connectivity index (χ0) is 11.5. The van der Waals surface area contributed by atoms with E-state index < -0.39 is 0 Å². The van der Waals surface area contributed by atoms with E-state index >= 15 is 0 Å². The predicted octanol–water partition coefficient (Wildman–Crippen LogP) is 1.40. The number of methoxy groups -OCH3 is 1. The Morgan fingerprint density at radius 1 is 1.38 bits per heavy atom. The van der Waals surface area contributed by atoms with Crippen molar-refractivity contribution in [1.29, 1.82) is 0 Å². The van der Waals surface area contributed by atoms with E-state index in [1.807, 2.05) is 24.3 Å². The van der Waals surface area contributed by atoms with Crippen molar-refractivity contribution in [2.24, 2.45) is 0 Å². The molecule has 5 nitrogen and oxygen atoms in total. The number of aldehydes is 1. The number of carbonyl (C=O) groups is 1. The number of hydrogen-bond acceptors (Lipinski definition) is 4. The van der Waals surface area contributed by atoms with Crippen molar-refractivity contribution in [2.75, 3.05) is 7.11 Å². The van der Waals surface area contributed by atoms with Crippen molar-refractivity contribution < 1.29 is 9.53 Å². The summed E-state index contributed by atoms with van der Waals surface area (Å²) < 4.78 is 6.81. The first-order valence-electron chi connectivity index (χ1n) is 4.78. The molecule has 0 bridgehead atoms. The fourth-order valence-electron chi connectivity index (χ4n) is 1.49. The van der Waals surface area contributed by atoms with E-state index in [1.54, 1.807) is 18.7 Å². The van der Waals surface area contributed by atoms with Gasteiger partial charge in [-0.25, -0.2) is 9.67 Å². The van der Waals surface area contributed by atoms with Crippen molar-refractivity contribution in [3.8, 4) is 11.4 Å². The van der Waals surface area contributed by atoms with Crippen LogP contribution in [-0.2, 0) is 0 Å². The Kier molecular flexibility index (Phi) is 2.68. The normalized spacial score (nSPS) is 10.1. The number of para-hydroxylation sites is 2. The molecular weight excluding hydrogens is 206 g/mol. The van der Waals surface area contributed by atoms with Gasteiger partial charge in [0.1, 0.15) is 17.3 Å². The average Bonchev–Trinajstić information content (AvgIpc) is 2.70. The van der Waals surface area contributed by atoms with Crippen LogP contribution in [0.15, 0.2) is 24.3 Å². The molecule has 0 aliphatic rings. The van der Waals surface area contributed by atoms with Crippen LogP contribution in [0.1, 0.15) is 16.4 Å². The van der Waals surface area contributed by atoms with Gasteiger partial charge in [-0.15, -0.1) is 5.10 Å². The van der Waals surface area contributed by atoms with Gasteiger partial charge < -0.3 is 4.74 Å². The third kappa shape index (κ3) is 1.67. The minimum absolute atomic E-state index is 0.170. The summed E-state index contributed by atoms with van der Waals surface area (Å²) in [5, 5.41) is 4.06. The van der Waals surface area contributed by atoms with Gasteiger partial charge in [0.2, 0.25) is 5.82 Å². The number of rotatable bonds is 3. The predicted molar refractivity (Wildman–Crippen MR) is 58.0 cm³/mol. The van der Waals surface area contributed by atoms with Crippen molar-refractivity contribution in [2.45, 2.75) is 6.92 Å². The summed E-state index contributed by atoms with van der Waals surface area (Å²) in [4.78, 5) is 14.6. The molecule has 5 heteroatoms. The molecule has 0 saturated carbocycles. The molecule has 0 N–H and O–H groups in total. The Morgan fingerprint density at radius 3 is 2.75 bits per heavy atom. The largest absolute Gasteiger partial charge is 0.494 e. The summed E-state index contributed by atoms with van der Waals surface area (Å²) in [5.74, 6) is 1.50. The second-order valence-corrected chi connectivity index (χ2v) is 3.22. The number of carbonyl (C=O) groups excluding carboxylic acids is 1. The highest BCUT2D eigenvalue weighted by Gasteiger charge is 2.10. The molecule has 0 saturated heterocycles. The highest BCUT2D eigenvalue weighted by atomic mass is 16.5. The SMILES string of the molecule is COc1ccccc1-n1nc(C=O)nc1C. The topological polar surface area (TPSA) is 57.0 Å². The number of hydrogen-bond donors (Lipinski definition) is 0. The Balaban J connectivity index is 2.57. The average molecular weight is 217 g/mol. The molecular formula is C11H11N3O2. The van der Waals surface area contributed by atoms with E-state index in [-0.39, 0.29) is 5.82 Å². The second-order valence-electron chi connectivity index (χ2n) is 3.22. The molecule has 2 aromatic rings. The Hall–Kier alpha value is -2.17. The van der Waals surface area contributed by atoms with Crippen LogP contribution in [-0.4, -0.2) is 28.2 Å². The number of aromatic nitrogens is 3. The van der Waals surface area contributed by atoms with E-state index in [1.165, 1.54) is 0 Å². The number of ether oxygens (including phenoxy) is 1. The monoisotopic (exact) mass is 217 g/mol. The Bertz CT molecular complexity index is 520. The van der Waals surface area contributed by atoms with Gasteiger partial charge in [-0.2, -0.15) is 0 Å². The molecule has 0 aliphatic heterocycles. The van der Waals surface area contributed by atoms with Crippen LogP contribution in [0.3, 0.4) is 0 Å². The quantitative estimate of drug-likeness (QED) is 0.729. The van der Waals surface area contributed by atoms with Crippen LogP contribution in [0.4, 0.5) is 0 Å². The first-order valence-corrected chi connectivity index (χ1v) is 4.78. The number of benzene rings is 1. The smallest absolute Gasteiger partial charge is 0.214 e. The van der Waals surface area contributed by atoms with Gasteiger partial charge in [0, 0.05) is 0 Å². The van der Waals surface area contributed by atoms with Crippen LogP contribution in [0, 0.1) is 6.92 Å². The minimum Gasteiger partial charge on any atom is -0.494 e. The molecule has 2 rings (SSSR count). The van der Waals surface area contributed by atoms with Gasteiger partial charge in [0.05, 0.1) is 7.11 Å². The summed E-state index contributed by atoms with van der Waals surface area (Å²) in [6.45, 7) is 1.78. The summed E-state index contributed by atoms with van der Waals surface area (Å²) in [6.07, 6.45) is 0.624. The maximum absolute atomic E-state index is 10.6. The maximum atomic E-state index is 10.6. The molecule has 1 heterocycles. The maximum Gasteiger partial charge on any atom is 0.214 e. The first-order chi connectivity index (χ1) is 7.76. The standard InChI is InChI=1S/C11H11N3O2/c1-8-12-11(7-15)13-14(8)9-5-3-4-6-10(9)16-2/h3-7H,1-2H3. The lowest BCUT2D eigenvalue weighted by Crippen LogP contribution is -2.02.